The lowest BCUT2D eigenvalue weighted by molar-refractivity contribution is 1.22. The van der Waals surface area contributed by atoms with E-state index in [1.54, 1.807) is 12.1 Å². The van der Waals surface area contributed by atoms with Crippen molar-refractivity contribution in [1.82, 2.24) is 4.98 Å². The standard InChI is InChI=1S/C9H5ClINO/c10-6-1-2-7-5(3-6)4-8(13)12-9(7)11/h1-4H,(H,12,13). The average Bonchev–Trinajstić information content (AvgIpc) is 2.02. The van der Waals surface area contributed by atoms with Gasteiger partial charge in [-0.25, -0.2) is 0 Å². The van der Waals surface area contributed by atoms with Gasteiger partial charge in [0.25, 0.3) is 0 Å². The van der Waals surface area contributed by atoms with E-state index in [2.05, 4.69) is 27.6 Å². The second-order valence-corrected chi connectivity index (χ2v) is 4.19. The van der Waals surface area contributed by atoms with Crippen LogP contribution in [0.2, 0.25) is 5.02 Å². The smallest absolute Gasteiger partial charge is 0.249 e. The molecule has 2 rings (SSSR count). The Morgan fingerprint density at radius 2 is 2.08 bits per heavy atom. The van der Waals surface area contributed by atoms with Gasteiger partial charge < -0.3 is 4.98 Å². The highest BCUT2D eigenvalue weighted by Crippen LogP contribution is 2.20. The Bertz CT molecular complexity index is 520. The topological polar surface area (TPSA) is 32.9 Å². The second-order valence-electron chi connectivity index (χ2n) is 2.68. The van der Waals surface area contributed by atoms with E-state index in [1.165, 1.54) is 0 Å². The normalized spacial score (nSPS) is 10.6. The number of rotatable bonds is 0. The molecule has 0 saturated heterocycles. The van der Waals surface area contributed by atoms with E-state index < -0.39 is 0 Å². The lowest BCUT2D eigenvalue weighted by atomic mass is 10.2. The van der Waals surface area contributed by atoms with Gasteiger partial charge in [-0.05, 0) is 40.1 Å². The van der Waals surface area contributed by atoms with Crippen molar-refractivity contribution >= 4 is 45.0 Å². The Morgan fingerprint density at radius 1 is 1.31 bits per heavy atom. The molecule has 0 radical (unpaired) electrons. The first kappa shape index (κ1) is 9.02. The predicted molar refractivity (Wildman–Crippen MR) is 62.3 cm³/mol. The third kappa shape index (κ3) is 1.71. The van der Waals surface area contributed by atoms with E-state index >= 15 is 0 Å². The van der Waals surface area contributed by atoms with Crippen LogP contribution in [0.3, 0.4) is 0 Å². The Balaban J connectivity index is 2.94. The summed E-state index contributed by atoms with van der Waals surface area (Å²) in [7, 11) is 0. The minimum Gasteiger partial charge on any atom is -0.317 e. The fourth-order valence-electron chi connectivity index (χ4n) is 1.21. The van der Waals surface area contributed by atoms with E-state index in [0.717, 1.165) is 14.5 Å². The molecule has 66 valence electrons. The van der Waals surface area contributed by atoms with Crippen molar-refractivity contribution in [2.75, 3.05) is 0 Å². The number of halogens is 2. The largest absolute Gasteiger partial charge is 0.317 e. The van der Waals surface area contributed by atoms with Crippen LogP contribution in [0.1, 0.15) is 0 Å². The summed E-state index contributed by atoms with van der Waals surface area (Å²) in [6.07, 6.45) is 0. The molecule has 2 nitrogen and oxygen atoms in total. The summed E-state index contributed by atoms with van der Waals surface area (Å²) < 4.78 is 0.844. The van der Waals surface area contributed by atoms with Crippen molar-refractivity contribution in [3.8, 4) is 0 Å². The minimum absolute atomic E-state index is 0.0980. The van der Waals surface area contributed by atoms with Crippen molar-refractivity contribution in [3.05, 3.63) is 43.3 Å². The quantitative estimate of drug-likeness (QED) is 0.589. The van der Waals surface area contributed by atoms with Crippen LogP contribution in [0.15, 0.2) is 29.1 Å². The number of hydrogen-bond donors (Lipinski definition) is 1. The van der Waals surface area contributed by atoms with Crippen LogP contribution in [0.25, 0.3) is 10.8 Å². The third-order valence-electron chi connectivity index (χ3n) is 1.77. The molecule has 0 aliphatic carbocycles. The maximum atomic E-state index is 11.1. The molecular weight excluding hydrogens is 300 g/mol. The highest BCUT2D eigenvalue weighted by molar-refractivity contribution is 14.1. The Morgan fingerprint density at radius 3 is 2.85 bits per heavy atom. The van der Waals surface area contributed by atoms with Crippen molar-refractivity contribution < 1.29 is 0 Å². The summed E-state index contributed by atoms with van der Waals surface area (Å²) in [5.74, 6) is 0. The van der Waals surface area contributed by atoms with Crippen molar-refractivity contribution in [3.63, 3.8) is 0 Å². The summed E-state index contributed by atoms with van der Waals surface area (Å²) in [4.78, 5) is 13.8. The zero-order chi connectivity index (χ0) is 9.42. The van der Waals surface area contributed by atoms with E-state index in [9.17, 15) is 4.79 Å². The lowest BCUT2D eigenvalue weighted by Gasteiger charge is -1.99. The molecule has 0 fully saturated rings. The van der Waals surface area contributed by atoms with E-state index in [4.69, 9.17) is 11.6 Å². The Labute approximate surface area is 93.1 Å². The Kier molecular flexibility index (Phi) is 2.29. The van der Waals surface area contributed by atoms with Crippen molar-refractivity contribution in [2.24, 2.45) is 0 Å². The molecule has 1 N–H and O–H groups in total. The van der Waals surface area contributed by atoms with Gasteiger partial charge in [0.15, 0.2) is 0 Å². The van der Waals surface area contributed by atoms with Crippen LogP contribution >= 0.6 is 34.2 Å². The summed E-state index contributed by atoms with van der Waals surface area (Å²) >= 11 is 7.91. The fourth-order valence-corrected chi connectivity index (χ4v) is 2.14. The molecule has 4 heteroatoms. The van der Waals surface area contributed by atoms with Gasteiger partial charge in [0.2, 0.25) is 5.56 Å². The molecule has 0 saturated carbocycles. The lowest BCUT2D eigenvalue weighted by Crippen LogP contribution is -2.05. The molecule has 0 atom stereocenters. The first-order valence-corrected chi connectivity index (χ1v) is 5.10. The molecule has 0 amide bonds. The van der Waals surface area contributed by atoms with Crippen LogP contribution in [0.5, 0.6) is 0 Å². The molecule has 1 aromatic carbocycles. The Hall–Kier alpha value is -0.550. The summed E-state index contributed by atoms with van der Waals surface area (Å²) in [6, 6.07) is 7.04. The number of H-pyrrole nitrogens is 1. The SMILES string of the molecule is O=c1cc2cc(Cl)ccc2c(I)[nH]1. The number of fused-ring (bicyclic) bond motifs is 1. The van der Waals surface area contributed by atoms with Gasteiger partial charge in [-0.15, -0.1) is 0 Å². The molecule has 2 aromatic rings. The van der Waals surface area contributed by atoms with E-state index in [-0.39, 0.29) is 5.56 Å². The first-order valence-electron chi connectivity index (χ1n) is 3.65. The fraction of sp³-hybridized carbons (Fsp3) is 0. The molecule has 1 heterocycles. The number of benzene rings is 1. The number of nitrogens with one attached hydrogen (secondary N) is 1. The molecular formula is C9H5ClINO. The van der Waals surface area contributed by atoms with Gasteiger partial charge in [-0.1, -0.05) is 17.7 Å². The summed E-state index contributed by atoms with van der Waals surface area (Å²) in [5, 5.41) is 2.54. The molecule has 0 aliphatic rings. The highest BCUT2D eigenvalue weighted by atomic mass is 127. The van der Waals surface area contributed by atoms with Gasteiger partial charge in [0, 0.05) is 16.5 Å². The first-order chi connectivity index (χ1) is 6.16. The maximum absolute atomic E-state index is 11.1. The van der Waals surface area contributed by atoms with Crippen LogP contribution in [0.4, 0.5) is 0 Å². The van der Waals surface area contributed by atoms with Gasteiger partial charge in [0.05, 0.1) is 3.70 Å². The summed E-state index contributed by atoms with van der Waals surface area (Å²) in [6.45, 7) is 0. The number of pyridine rings is 1. The number of aromatic nitrogens is 1. The van der Waals surface area contributed by atoms with E-state index in [0.29, 0.717) is 5.02 Å². The zero-order valence-electron chi connectivity index (χ0n) is 6.47. The van der Waals surface area contributed by atoms with Crippen LogP contribution in [0, 0.1) is 3.70 Å². The minimum atomic E-state index is -0.0980. The van der Waals surface area contributed by atoms with Crippen molar-refractivity contribution in [2.45, 2.75) is 0 Å². The molecule has 0 unspecified atom stereocenters. The maximum Gasteiger partial charge on any atom is 0.249 e. The van der Waals surface area contributed by atoms with Gasteiger partial charge >= 0.3 is 0 Å². The highest BCUT2D eigenvalue weighted by Gasteiger charge is 2.00. The monoisotopic (exact) mass is 305 g/mol. The van der Waals surface area contributed by atoms with Gasteiger partial charge in [-0.3, -0.25) is 4.79 Å². The van der Waals surface area contributed by atoms with Crippen LogP contribution < -0.4 is 5.56 Å². The van der Waals surface area contributed by atoms with Gasteiger partial charge in [0.1, 0.15) is 0 Å². The number of hydrogen-bond acceptors (Lipinski definition) is 1. The molecule has 1 aromatic heterocycles. The van der Waals surface area contributed by atoms with Gasteiger partial charge in [-0.2, -0.15) is 0 Å². The van der Waals surface area contributed by atoms with Crippen LogP contribution in [-0.2, 0) is 0 Å². The average molecular weight is 306 g/mol. The van der Waals surface area contributed by atoms with Crippen LogP contribution in [-0.4, -0.2) is 4.98 Å². The molecule has 13 heavy (non-hydrogen) atoms. The number of aromatic amines is 1. The predicted octanol–water partition coefficient (Wildman–Crippen LogP) is 2.79. The third-order valence-corrected chi connectivity index (χ3v) is 2.86. The summed E-state index contributed by atoms with van der Waals surface area (Å²) in [5.41, 5.74) is -0.0980. The molecule has 0 aliphatic heterocycles. The molecule has 0 bridgehead atoms. The van der Waals surface area contributed by atoms with Crippen molar-refractivity contribution in [1.29, 1.82) is 0 Å². The van der Waals surface area contributed by atoms with E-state index in [1.807, 2.05) is 12.1 Å². The molecule has 0 spiro atoms. The second kappa shape index (κ2) is 3.31. The zero-order valence-corrected chi connectivity index (χ0v) is 9.39.